The van der Waals surface area contributed by atoms with E-state index in [4.69, 9.17) is 14.2 Å². The zero-order valence-electron chi connectivity index (χ0n) is 32.9. The Balaban J connectivity index is 0.000000165. The van der Waals surface area contributed by atoms with E-state index in [1.807, 2.05) is 71.3 Å². The maximum Gasteiger partial charge on any atom is 0.256 e. The van der Waals surface area contributed by atoms with E-state index in [0.29, 0.717) is 53.5 Å². The van der Waals surface area contributed by atoms with Crippen LogP contribution in [0.2, 0.25) is 0 Å². The van der Waals surface area contributed by atoms with Crippen LogP contribution in [0.1, 0.15) is 73.1 Å². The molecule has 0 unspecified atom stereocenters. The monoisotopic (exact) mass is 798 g/mol. The Hall–Kier alpha value is -6.84. The molecule has 4 aromatic heterocycles. The lowest BCUT2D eigenvalue weighted by atomic mass is 9.99. The second kappa shape index (κ2) is 17.7. The van der Waals surface area contributed by atoms with Gasteiger partial charge in [-0.15, -0.1) is 0 Å². The Morgan fingerprint density at radius 3 is 1.68 bits per heavy atom. The minimum atomic E-state index is -0.187. The van der Waals surface area contributed by atoms with E-state index in [0.717, 1.165) is 44.3 Å². The van der Waals surface area contributed by atoms with Gasteiger partial charge in [-0.1, -0.05) is 24.3 Å². The van der Waals surface area contributed by atoms with Crippen molar-refractivity contribution in [3.63, 3.8) is 0 Å². The van der Waals surface area contributed by atoms with E-state index in [-0.39, 0.29) is 41.5 Å². The van der Waals surface area contributed by atoms with Gasteiger partial charge in [-0.05, 0) is 82.7 Å². The summed E-state index contributed by atoms with van der Waals surface area (Å²) in [7, 11) is 0. The van der Waals surface area contributed by atoms with Crippen LogP contribution in [0.5, 0.6) is 17.5 Å². The highest BCUT2D eigenvalue weighted by Gasteiger charge is 2.34. The third kappa shape index (κ3) is 9.49. The quantitative estimate of drug-likeness (QED) is 0.190. The average molecular weight is 799 g/mol. The van der Waals surface area contributed by atoms with Gasteiger partial charge in [0.2, 0.25) is 5.88 Å². The molecule has 2 aliphatic heterocycles. The van der Waals surface area contributed by atoms with Crippen molar-refractivity contribution in [1.82, 2.24) is 49.8 Å². The van der Waals surface area contributed by atoms with Crippen molar-refractivity contribution in [2.75, 3.05) is 13.1 Å². The van der Waals surface area contributed by atoms with E-state index in [1.165, 1.54) is 21.7 Å². The second-order valence-corrected chi connectivity index (χ2v) is 15.0. The number of hydrogen-bond acceptors (Lipinski definition) is 11. The summed E-state index contributed by atoms with van der Waals surface area (Å²) >= 11 is 0. The maximum absolute atomic E-state index is 13.5. The number of pyridine rings is 2. The topological polar surface area (TPSA) is 175 Å². The minimum absolute atomic E-state index is 0.0486. The molecule has 0 radical (unpaired) electrons. The molecule has 2 saturated heterocycles. The summed E-state index contributed by atoms with van der Waals surface area (Å²) in [6.07, 6.45) is 15.2. The molecule has 59 heavy (non-hydrogen) atoms. The van der Waals surface area contributed by atoms with Crippen molar-refractivity contribution in [3.8, 4) is 28.9 Å². The van der Waals surface area contributed by atoms with E-state index >= 15 is 0 Å². The molecule has 6 heterocycles. The van der Waals surface area contributed by atoms with Crippen LogP contribution in [0.4, 0.5) is 0 Å². The van der Waals surface area contributed by atoms with Crippen LogP contribution >= 0.6 is 0 Å². The summed E-state index contributed by atoms with van der Waals surface area (Å²) < 4.78 is 17.9. The summed E-state index contributed by atoms with van der Waals surface area (Å²) in [6, 6.07) is 21.4. The maximum atomic E-state index is 13.5. The number of rotatable bonds is 10. The van der Waals surface area contributed by atoms with Gasteiger partial charge in [-0.2, -0.15) is 30.0 Å². The molecule has 1 saturated carbocycles. The van der Waals surface area contributed by atoms with E-state index in [9.17, 15) is 14.4 Å². The first-order valence-electron chi connectivity index (χ1n) is 20.0. The number of benzene rings is 2. The van der Waals surface area contributed by atoms with E-state index in [1.54, 1.807) is 43.2 Å². The van der Waals surface area contributed by atoms with Crippen molar-refractivity contribution in [2.24, 2.45) is 0 Å². The molecule has 4 atom stereocenters. The Morgan fingerprint density at radius 2 is 1.14 bits per heavy atom. The molecular formula is C43H46N10O6. The van der Waals surface area contributed by atoms with Gasteiger partial charge in [0, 0.05) is 42.7 Å². The lowest BCUT2D eigenvalue weighted by molar-refractivity contribution is 0.0369. The Kier molecular flexibility index (Phi) is 11.7. The predicted octanol–water partition coefficient (Wildman–Crippen LogP) is 5.30. The molecule has 2 amide bonds. The van der Waals surface area contributed by atoms with Crippen molar-refractivity contribution in [2.45, 2.75) is 82.8 Å². The van der Waals surface area contributed by atoms with Crippen molar-refractivity contribution in [3.05, 3.63) is 131 Å². The molecule has 1 N–H and O–H groups in total. The molecular weight excluding hydrogens is 753 g/mol. The lowest BCUT2D eigenvalue weighted by Crippen LogP contribution is -2.49. The van der Waals surface area contributed by atoms with Crippen LogP contribution in [-0.4, -0.2) is 105 Å². The predicted molar refractivity (Wildman–Crippen MR) is 216 cm³/mol. The van der Waals surface area contributed by atoms with Crippen molar-refractivity contribution >= 4 is 11.8 Å². The number of piperidine rings is 2. The van der Waals surface area contributed by atoms with Crippen LogP contribution in [-0.2, 0) is 0 Å². The Morgan fingerprint density at radius 1 is 0.610 bits per heavy atom. The zero-order valence-corrected chi connectivity index (χ0v) is 32.9. The molecule has 2 aromatic carbocycles. The van der Waals surface area contributed by atoms with E-state index in [2.05, 4.69) is 37.3 Å². The molecule has 0 spiro atoms. The molecule has 16 heteroatoms. The summed E-state index contributed by atoms with van der Waals surface area (Å²) in [4.78, 5) is 52.2. The van der Waals surface area contributed by atoms with Crippen LogP contribution in [0.25, 0.3) is 11.4 Å². The molecule has 0 bridgehead atoms. The average Bonchev–Trinajstić information content (AvgIpc) is 3.63. The van der Waals surface area contributed by atoms with Crippen molar-refractivity contribution in [1.29, 1.82) is 0 Å². The Labute approximate surface area is 340 Å². The highest BCUT2D eigenvalue weighted by molar-refractivity contribution is 5.98. The SMILES string of the molecule is C[C@@H]1CC[C@@H](Oc2cc(=O)cc[nH]2)CN1C(=O)c1ccccc1-n1nccn1.C[C@@H]1CC[C@@H](Oc2cc(OC3CC3)ccn2)CN1C(=O)c1ccccc1-n1nccn1. The standard InChI is InChI=1S/C23H25N5O3.C20H21N5O3/c1-16-6-7-19(31-22-14-18(10-11-24-22)30-17-8-9-17)15-27(16)23(29)20-4-2-3-5-21(20)28-25-12-13-26-28;1-14-6-7-16(28-19-12-15(26)8-9-21-19)13-24(14)20(27)17-4-2-3-5-18(17)25-22-10-11-23-25/h2-5,10-14,16-17,19H,6-9,15H2,1H3;2-5,8-12,14,16H,6-7,13H2,1H3,(H,21,26)/t16-,19-;14-,16-/m11/s1. The van der Waals surface area contributed by atoms with Crippen molar-refractivity contribution < 1.29 is 23.8 Å². The number of H-pyrrole nitrogens is 1. The van der Waals surface area contributed by atoms with Crippen LogP contribution in [0.3, 0.4) is 0 Å². The van der Waals surface area contributed by atoms with Gasteiger partial charge in [0.05, 0.1) is 66.5 Å². The van der Waals surface area contributed by atoms with Gasteiger partial charge in [0.1, 0.15) is 18.0 Å². The number of carbonyl (C=O) groups is 2. The minimum Gasteiger partial charge on any atom is -0.490 e. The molecule has 3 fully saturated rings. The fraction of sp³-hybridized carbons (Fsp3) is 0.349. The molecule has 3 aliphatic rings. The number of carbonyl (C=O) groups excluding carboxylic acids is 2. The third-order valence-electron chi connectivity index (χ3n) is 10.6. The number of likely N-dealkylation sites (tertiary alicyclic amines) is 2. The first-order valence-corrected chi connectivity index (χ1v) is 20.0. The lowest BCUT2D eigenvalue weighted by Gasteiger charge is -2.38. The van der Waals surface area contributed by atoms with Crippen LogP contribution in [0, 0.1) is 0 Å². The number of para-hydroxylation sites is 2. The largest absolute Gasteiger partial charge is 0.490 e. The van der Waals surface area contributed by atoms with Gasteiger partial charge in [-0.25, -0.2) is 4.98 Å². The van der Waals surface area contributed by atoms with E-state index < -0.39 is 0 Å². The number of aromatic amines is 1. The first kappa shape index (κ1) is 39.0. The number of aromatic nitrogens is 8. The number of ether oxygens (including phenoxy) is 3. The molecule has 1 aliphatic carbocycles. The fourth-order valence-electron chi connectivity index (χ4n) is 7.30. The summed E-state index contributed by atoms with van der Waals surface area (Å²) in [5.74, 6) is 1.60. The highest BCUT2D eigenvalue weighted by Crippen LogP contribution is 2.30. The second-order valence-electron chi connectivity index (χ2n) is 15.0. The summed E-state index contributed by atoms with van der Waals surface area (Å²) in [5.41, 5.74) is 2.30. The van der Waals surface area contributed by atoms with Gasteiger partial charge < -0.3 is 29.0 Å². The number of hydrogen-bond donors (Lipinski definition) is 1. The molecule has 304 valence electrons. The number of nitrogens with one attached hydrogen (secondary N) is 1. The fourth-order valence-corrected chi connectivity index (χ4v) is 7.30. The normalized spacial score (nSPS) is 20.2. The Bertz CT molecular complexity index is 2400. The molecule has 16 nitrogen and oxygen atoms in total. The molecule has 6 aromatic rings. The summed E-state index contributed by atoms with van der Waals surface area (Å²) in [5, 5.41) is 16.7. The molecule has 9 rings (SSSR count). The van der Waals surface area contributed by atoms with Crippen LogP contribution < -0.4 is 19.6 Å². The van der Waals surface area contributed by atoms with Crippen LogP contribution in [0.15, 0.2) is 115 Å². The van der Waals surface area contributed by atoms with Gasteiger partial charge >= 0.3 is 0 Å². The first-order chi connectivity index (χ1) is 28.8. The number of amides is 2. The summed E-state index contributed by atoms with van der Waals surface area (Å²) in [6.45, 7) is 5.05. The zero-order chi connectivity index (χ0) is 40.7. The number of nitrogens with zero attached hydrogens (tertiary/aromatic N) is 9. The third-order valence-corrected chi connectivity index (χ3v) is 10.6. The van der Waals surface area contributed by atoms with Gasteiger partial charge in [0.15, 0.2) is 11.3 Å². The highest BCUT2D eigenvalue weighted by atomic mass is 16.5. The van der Waals surface area contributed by atoms with Gasteiger partial charge in [0.25, 0.3) is 11.8 Å². The smallest absolute Gasteiger partial charge is 0.256 e. The van der Waals surface area contributed by atoms with Gasteiger partial charge in [-0.3, -0.25) is 14.4 Å².